The molecule has 2 rings (SSSR count). The van der Waals surface area contributed by atoms with E-state index in [2.05, 4.69) is 10.5 Å². The first kappa shape index (κ1) is 12.9. The molecule has 0 saturated heterocycles. The van der Waals surface area contributed by atoms with Crippen molar-refractivity contribution in [2.24, 2.45) is 5.10 Å². The lowest BCUT2D eigenvalue weighted by atomic mass is 10.2. The molecule has 0 unspecified atom stereocenters. The van der Waals surface area contributed by atoms with Crippen LogP contribution in [0.25, 0.3) is 0 Å². The van der Waals surface area contributed by atoms with Crippen molar-refractivity contribution in [3.63, 3.8) is 0 Å². The number of hydrogen-bond acceptors (Lipinski definition) is 2. The van der Waals surface area contributed by atoms with Gasteiger partial charge in [0.25, 0.3) is 0 Å². The van der Waals surface area contributed by atoms with Gasteiger partial charge in [-0.15, -0.1) is 0 Å². The number of hydrogen-bond donors (Lipinski definition) is 1. The second-order valence-electron chi connectivity index (χ2n) is 3.77. The lowest BCUT2D eigenvalue weighted by molar-refractivity contribution is 0.748. The Kier molecular flexibility index (Phi) is 4.62. The van der Waals surface area contributed by atoms with E-state index >= 15 is 0 Å². The van der Waals surface area contributed by atoms with Gasteiger partial charge in [-0.05, 0) is 35.4 Å². The van der Waals surface area contributed by atoms with Crippen molar-refractivity contribution in [2.75, 3.05) is 0 Å². The van der Waals surface area contributed by atoms with Gasteiger partial charge in [-0.3, -0.25) is 0 Å². The molecule has 2 aromatic rings. The van der Waals surface area contributed by atoms with Crippen LogP contribution in [0.4, 0.5) is 0 Å². The molecule has 2 nitrogen and oxygen atoms in total. The van der Waals surface area contributed by atoms with E-state index in [1.807, 2.05) is 48.5 Å². The topological polar surface area (TPSA) is 24.4 Å². The second kappa shape index (κ2) is 6.43. The van der Waals surface area contributed by atoms with E-state index in [0.29, 0.717) is 6.54 Å². The highest BCUT2D eigenvalue weighted by Gasteiger charge is 1.91. The molecule has 4 heteroatoms. The Balaban J connectivity index is 1.84. The van der Waals surface area contributed by atoms with Gasteiger partial charge in [0.05, 0.1) is 12.8 Å². The molecule has 0 aliphatic rings. The molecule has 0 heterocycles. The highest BCUT2D eigenvalue weighted by atomic mass is 35.5. The van der Waals surface area contributed by atoms with Crippen LogP contribution in [0, 0.1) is 0 Å². The number of halogens is 2. The first-order valence-electron chi connectivity index (χ1n) is 5.50. The van der Waals surface area contributed by atoms with Gasteiger partial charge in [0.1, 0.15) is 0 Å². The predicted molar refractivity (Wildman–Crippen MR) is 77.3 cm³/mol. The normalized spacial score (nSPS) is 10.8. The minimum atomic E-state index is 0.668. The van der Waals surface area contributed by atoms with E-state index in [0.717, 1.165) is 21.2 Å². The van der Waals surface area contributed by atoms with Crippen LogP contribution in [-0.4, -0.2) is 6.21 Å². The van der Waals surface area contributed by atoms with Gasteiger partial charge in [-0.2, -0.15) is 5.10 Å². The Labute approximate surface area is 116 Å². The summed E-state index contributed by atoms with van der Waals surface area (Å²) in [4.78, 5) is 0. The van der Waals surface area contributed by atoms with Crippen LogP contribution < -0.4 is 5.43 Å². The number of nitrogens with zero attached hydrogens (tertiary/aromatic N) is 1. The Morgan fingerprint density at radius 2 is 1.44 bits per heavy atom. The van der Waals surface area contributed by atoms with Crippen molar-refractivity contribution in [1.82, 2.24) is 5.43 Å². The summed E-state index contributed by atoms with van der Waals surface area (Å²) in [5.74, 6) is 0. The summed E-state index contributed by atoms with van der Waals surface area (Å²) in [6.07, 6.45) is 1.76. The van der Waals surface area contributed by atoms with Crippen LogP contribution in [0.1, 0.15) is 11.1 Å². The van der Waals surface area contributed by atoms with Crippen LogP contribution in [0.3, 0.4) is 0 Å². The van der Waals surface area contributed by atoms with E-state index in [1.54, 1.807) is 6.21 Å². The van der Waals surface area contributed by atoms with Crippen LogP contribution in [-0.2, 0) is 6.54 Å². The van der Waals surface area contributed by atoms with Gasteiger partial charge in [-0.1, -0.05) is 47.5 Å². The van der Waals surface area contributed by atoms with Crippen molar-refractivity contribution >= 4 is 29.4 Å². The van der Waals surface area contributed by atoms with Gasteiger partial charge in [0, 0.05) is 10.0 Å². The molecule has 0 amide bonds. The fourth-order valence-electron chi connectivity index (χ4n) is 1.41. The smallest absolute Gasteiger partial charge is 0.0580 e. The average molecular weight is 279 g/mol. The maximum atomic E-state index is 5.80. The maximum absolute atomic E-state index is 5.80. The third kappa shape index (κ3) is 4.06. The van der Waals surface area contributed by atoms with Gasteiger partial charge in [0.2, 0.25) is 0 Å². The lowest BCUT2D eigenvalue weighted by Crippen LogP contribution is -2.05. The summed E-state index contributed by atoms with van der Waals surface area (Å²) < 4.78 is 0. The van der Waals surface area contributed by atoms with Crippen LogP contribution in [0.15, 0.2) is 53.6 Å². The number of benzene rings is 2. The summed E-state index contributed by atoms with van der Waals surface area (Å²) >= 11 is 11.6. The van der Waals surface area contributed by atoms with E-state index in [4.69, 9.17) is 23.2 Å². The molecule has 1 N–H and O–H groups in total. The minimum Gasteiger partial charge on any atom is -0.306 e. The molecule has 92 valence electrons. The maximum Gasteiger partial charge on any atom is 0.0580 e. The van der Waals surface area contributed by atoms with Crippen molar-refractivity contribution in [1.29, 1.82) is 0 Å². The molecule has 0 aliphatic carbocycles. The molecule has 0 fully saturated rings. The van der Waals surface area contributed by atoms with Gasteiger partial charge >= 0.3 is 0 Å². The third-order valence-corrected chi connectivity index (χ3v) is 2.88. The monoisotopic (exact) mass is 278 g/mol. The van der Waals surface area contributed by atoms with Gasteiger partial charge < -0.3 is 5.43 Å². The Bertz CT molecular complexity index is 518. The number of hydrazone groups is 1. The molecule has 0 aromatic heterocycles. The molecule has 2 aromatic carbocycles. The molecule has 0 aliphatic heterocycles. The number of rotatable bonds is 4. The van der Waals surface area contributed by atoms with Crippen molar-refractivity contribution in [3.05, 3.63) is 69.7 Å². The second-order valence-corrected chi connectivity index (χ2v) is 4.64. The zero-order valence-electron chi connectivity index (χ0n) is 9.61. The van der Waals surface area contributed by atoms with Crippen LogP contribution >= 0.6 is 23.2 Å². The Morgan fingerprint density at radius 3 is 2.06 bits per heavy atom. The van der Waals surface area contributed by atoms with E-state index in [1.165, 1.54) is 0 Å². The Hall–Kier alpha value is -1.51. The summed E-state index contributed by atoms with van der Waals surface area (Å²) in [7, 11) is 0. The molecular formula is C14H12Cl2N2. The highest BCUT2D eigenvalue weighted by molar-refractivity contribution is 6.30. The SMILES string of the molecule is Clc1ccc(/C=N\NCc2ccc(Cl)cc2)cc1. The molecule has 0 atom stereocenters. The van der Waals surface area contributed by atoms with Crippen molar-refractivity contribution in [3.8, 4) is 0 Å². The summed E-state index contributed by atoms with van der Waals surface area (Å²) in [5, 5.41) is 5.60. The standard InChI is InChI=1S/C14H12Cl2N2/c15-13-5-1-11(2-6-13)9-17-18-10-12-3-7-14(16)8-4-12/h1-9,18H,10H2/b17-9-. The van der Waals surface area contributed by atoms with E-state index in [-0.39, 0.29) is 0 Å². The fraction of sp³-hybridized carbons (Fsp3) is 0.0714. The highest BCUT2D eigenvalue weighted by Crippen LogP contribution is 2.09. The van der Waals surface area contributed by atoms with Crippen molar-refractivity contribution < 1.29 is 0 Å². The van der Waals surface area contributed by atoms with Crippen LogP contribution in [0.5, 0.6) is 0 Å². The summed E-state index contributed by atoms with van der Waals surface area (Å²) in [6.45, 7) is 0.668. The molecule has 0 radical (unpaired) electrons. The van der Waals surface area contributed by atoms with Crippen molar-refractivity contribution in [2.45, 2.75) is 6.54 Å². The first-order valence-corrected chi connectivity index (χ1v) is 6.25. The molecule has 0 saturated carbocycles. The fourth-order valence-corrected chi connectivity index (χ4v) is 1.66. The molecule has 18 heavy (non-hydrogen) atoms. The number of nitrogens with one attached hydrogen (secondary N) is 1. The molecule has 0 spiro atoms. The summed E-state index contributed by atoms with van der Waals surface area (Å²) in [6, 6.07) is 15.2. The van der Waals surface area contributed by atoms with E-state index < -0.39 is 0 Å². The average Bonchev–Trinajstić information content (AvgIpc) is 2.39. The zero-order chi connectivity index (χ0) is 12.8. The lowest BCUT2D eigenvalue weighted by Gasteiger charge is -2.00. The first-order chi connectivity index (χ1) is 8.74. The van der Waals surface area contributed by atoms with E-state index in [9.17, 15) is 0 Å². The van der Waals surface area contributed by atoms with Crippen LogP contribution in [0.2, 0.25) is 10.0 Å². The Morgan fingerprint density at radius 1 is 0.889 bits per heavy atom. The molecule has 0 bridgehead atoms. The predicted octanol–water partition coefficient (Wildman–Crippen LogP) is 4.12. The van der Waals surface area contributed by atoms with Gasteiger partial charge in [-0.25, -0.2) is 0 Å². The third-order valence-electron chi connectivity index (χ3n) is 2.37. The minimum absolute atomic E-state index is 0.668. The zero-order valence-corrected chi connectivity index (χ0v) is 11.1. The van der Waals surface area contributed by atoms with Gasteiger partial charge in [0.15, 0.2) is 0 Å². The largest absolute Gasteiger partial charge is 0.306 e. The summed E-state index contributed by atoms with van der Waals surface area (Å²) in [5.41, 5.74) is 5.11. The quantitative estimate of drug-likeness (QED) is 0.660. The molecular weight excluding hydrogens is 267 g/mol.